The van der Waals surface area contributed by atoms with E-state index in [-0.39, 0.29) is 11.8 Å². The van der Waals surface area contributed by atoms with Gasteiger partial charge in [-0.15, -0.1) is 0 Å². The summed E-state index contributed by atoms with van der Waals surface area (Å²) in [5.41, 5.74) is 0.872. The predicted octanol–water partition coefficient (Wildman–Crippen LogP) is 2.85. The molecule has 7 nitrogen and oxygen atoms in total. The Morgan fingerprint density at radius 2 is 2.26 bits per heavy atom. The first-order chi connectivity index (χ1) is 11.2. The van der Waals surface area contributed by atoms with Gasteiger partial charge in [-0.25, -0.2) is 9.97 Å². The van der Waals surface area contributed by atoms with Gasteiger partial charge >= 0.3 is 0 Å². The monoisotopic (exact) mass is 312 g/mol. The van der Waals surface area contributed by atoms with E-state index < -0.39 is 0 Å². The van der Waals surface area contributed by atoms with Crippen molar-refractivity contribution in [3.05, 3.63) is 30.3 Å². The lowest BCUT2D eigenvalue weighted by atomic mass is 9.97. The molecule has 4 rings (SSSR count). The van der Waals surface area contributed by atoms with Gasteiger partial charge in [0.1, 0.15) is 17.8 Å². The van der Waals surface area contributed by atoms with Crippen LogP contribution in [-0.4, -0.2) is 38.2 Å². The van der Waals surface area contributed by atoms with Crippen LogP contribution in [0.4, 0.5) is 5.82 Å². The summed E-state index contributed by atoms with van der Waals surface area (Å²) in [4.78, 5) is 18.8. The average molecular weight is 312 g/mol. The largest absolute Gasteiger partial charge is 0.355 e. The van der Waals surface area contributed by atoms with Crippen LogP contribution in [0.2, 0.25) is 0 Å². The van der Waals surface area contributed by atoms with E-state index in [1.165, 1.54) is 0 Å². The highest BCUT2D eigenvalue weighted by molar-refractivity contribution is 5.87. The Balaban J connectivity index is 1.60. The van der Waals surface area contributed by atoms with Crippen LogP contribution < -0.4 is 4.90 Å². The molecule has 1 atom stereocenters. The Kier molecular flexibility index (Phi) is 3.48. The average Bonchev–Trinajstić information content (AvgIpc) is 3.24. The molecule has 1 fully saturated rings. The molecule has 23 heavy (non-hydrogen) atoms. The maximum absolute atomic E-state index is 5.50. The first-order valence-corrected chi connectivity index (χ1v) is 8.09. The van der Waals surface area contributed by atoms with Crippen molar-refractivity contribution in [2.24, 2.45) is 0 Å². The second-order valence-corrected chi connectivity index (χ2v) is 6.37. The zero-order valence-electron chi connectivity index (χ0n) is 13.4. The summed E-state index contributed by atoms with van der Waals surface area (Å²) in [6.07, 6.45) is 5.66. The number of nitrogens with zero attached hydrogens (tertiary/aromatic N) is 5. The van der Waals surface area contributed by atoms with E-state index in [2.05, 4.69) is 43.8 Å². The molecule has 0 spiro atoms. The van der Waals surface area contributed by atoms with Crippen LogP contribution in [0.1, 0.15) is 50.2 Å². The molecule has 1 aliphatic rings. The Morgan fingerprint density at radius 1 is 1.35 bits per heavy atom. The third kappa shape index (κ3) is 2.56. The van der Waals surface area contributed by atoms with E-state index in [9.17, 15) is 0 Å². The Bertz CT molecular complexity index is 808. The van der Waals surface area contributed by atoms with Crippen molar-refractivity contribution in [2.75, 3.05) is 18.0 Å². The second-order valence-electron chi connectivity index (χ2n) is 6.37. The molecule has 0 bridgehead atoms. The third-order valence-corrected chi connectivity index (χ3v) is 4.38. The lowest BCUT2D eigenvalue weighted by Gasteiger charge is -2.32. The molecule has 3 aromatic rings. The molecule has 0 aliphatic carbocycles. The Morgan fingerprint density at radius 3 is 3.09 bits per heavy atom. The van der Waals surface area contributed by atoms with Gasteiger partial charge in [0, 0.05) is 25.2 Å². The Hall–Kier alpha value is -2.44. The quantitative estimate of drug-likeness (QED) is 0.800. The maximum atomic E-state index is 5.50. The molecule has 0 radical (unpaired) electrons. The molecular weight excluding hydrogens is 292 g/mol. The van der Waals surface area contributed by atoms with Gasteiger partial charge in [-0.3, -0.25) is 0 Å². The van der Waals surface area contributed by atoms with Crippen molar-refractivity contribution in [2.45, 2.75) is 38.5 Å². The molecule has 0 saturated carbocycles. The fourth-order valence-corrected chi connectivity index (χ4v) is 3.13. The van der Waals surface area contributed by atoms with Crippen LogP contribution in [0.25, 0.3) is 11.0 Å². The molecule has 0 unspecified atom stereocenters. The summed E-state index contributed by atoms with van der Waals surface area (Å²) >= 11 is 0. The van der Waals surface area contributed by atoms with Crippen LogP contribution in [0.3, 0.4) is 0 Å². The van der Waals surface area contributed by atoms with Crippen molar-refractivity contribution >= 4 is 16.9 Å². The molecule has 3 aromatic heterocycles. The molecule has 1 saturated heterocycles. The molecule has 0 aromatic carbocycles. The van der Waals surface area contributed by atoms with E-state index in [0.717, 1.165) is 54.5 Å². The number of aromatic nitrogens is 5. The van der Waals surface area contributed by atoms with Gasteiger partial charge < -0.3 is 14.4 Å². The van der Waals surface area contributed by atoms with Crippen LogP contribution in [0, 0.1) is 0 Å². The molecule has 1 N–H and O–H groups in total. The van der Waals surface area contributed by atoms with E-state index in [0.29, 0.717) is 0 Å². The molecule has 1 aliphatic heterocycles. The van der Waals surface area contributed by atoms with Gasteiger partial charge in [-0.05, 0) is 18.9 Å². The minimum atomic E-state index is 0.257. The first kappa shape index (κ1) is 14.2. The predicted molar refractivity (Wildman–Crippen MR) is 86.5 cm³/mol. The lowest BCUT2D eigenvalue weighted by Crippen LogP contribution is -2.35. The normalized spacial score (nSPS) is 18.9. The fraction of sp³-hybridized carbons (Fsp3) is 0.500. The lowest BCUT2D eigenvalue weighted by molar-refractivity contribution is 0.329. The highest BCUT2D eigenvalue weighted by Crippen LogP contribution is 2.31. The summed E-state index contributed by atoms with van der Waals surface area (Å²) < 4.78 is 5.50. The van der Waals surface area contributed by atoms with Crippen molar-refractivity contribution < 1.29 is 4.52 Å². The number of rotatable bonds is 3. The van der Waals surface area contributed by atoms with Gasteiger partial charge in [0.25, 0.3) is 0 Å². The smallest absolute Gasteiger partial charge is 0.231 e. The number of fused-ring (bicyclic) bond motifs is 1. The number of H-pyrrole nitrogens is 1. The number of hydrogen-bond acceptors (Lipinski definition) is 6. The molecule has 120 valence electrons. The van der Waals surface area contributed by atoms with Crippen molar-refractivity contribution in [3.8, 4) is 0 Å². The van der Waals surface area contributed by atoms with Gasteiger partial charge in [0.05, 0.1) is 11.3 Å². The molecular formula is C16H20N6O. The molecule has 7 heteroatoms. The standard InChI is InChI=1S/C16H20N6O/c1-10(2)13-20-16(23-21-13)11-4-3-7-22(8-11)15-12-5-6-17-14(12)18-9-19-15/h5-6,9-11H,3-4,7-8H2,1-2H3,(H,17,18,19)/t11-/m1/s1. The zero-order chi connectivity index (χ0) is 15.8. The van der Waals surface area contributed by atoms with Crippen LogP contribution in [-0.2, 0) is 0 Å². The van der Waals surface area contributed by atoms with Crippen molar-refractivity contribution in [1.29, 1.82) is 0 Å². The Labute approximate surface area is 134 Å². The topological polar surface area (TPSA) is 83.7 Å². The fourth-order valence-electron chi connectivity index (χ4n) is 3.13. The SMILES string of the molecule is CC(C)c1noc([C@@H]2CCCN(c3ncnc4[nH]ccc34)C2)n1. The second kappa shape index (κ2) is 5.64. The highest BCUT2D eigenvalue weighted by atomic mass is 16.5. The van der Waals surface area contributed by atoms with Gasteiger partial charge in [-0.1, -0.05) is 19.0 Å². The summed E-state index contributed by atoms with van der Waals surface area (Å²) in [6, 6.07) is 2.03. The van der Waals surface area contributed by atoms with Gasteiger partial charge in [0.15, 0.2) is 5.82 Å². The molecule has 0 amide bonds. The molecule has 4 heterocycles. The van der Waals surface area contributed by atoms with E-state index in [1.54, 1.807) is 6.33 Å². The van der Waals surface area contributed by atoms with Gasteiger partial charge in [0.2, 0.25) is 5.89 Å². The van der Waals surface area contributed by atoms with E-state index in [1.807, 2.05) is 12.3 Å². The third-order valence-electron chi connectivity index (χ3n) is 4.38. The summed E-state index contributed by atoms with van der Waals surface area (Å²) in [7, 11) is 0. The van der Waals surface area contributed by atoms with Crippen LogP contribution in [0.15, 0.2) is 23.1 Å². The van der Waals surface area contributed by atoms with Crippen molar-refractivity contribution in [3.63, 3.8) is 0 Å². The van der Waals surface area contributed by atoms with Crippen LogP contribution >= 0.6 is 0 Å². The number of anilines is 1. The number of piperidine rings is 1. The number of nitrogens with one attached hydrogen (secondary N) is 1. The number of aromatic amines is 1. The maximum Gasteiger partial charge on any atom is 0.231 e. The first-order valence-electron chi connectivity index (χ1n) is 8.09. The minimum Gasteiger partial charge on any atom is -0.355 e. The van der Waals surface area contributed by atoms with Gasteiger partial charge in [-0.2, -0.15) is 4.98 Å². The summed E-state index contributed by atoms with van der Waals surface area (Å²) in [6.45, 7) is 5.98. The minimum absolute atomic E-state index is 0.257. The van der Waals surface area contributed by atoms with E-state index in [4.69, 9.17) is 4.52 Å². The number of hydrogen-bond donors (Lipinski definition) is 1. The van der Waals surface area contributed by atoms with Crippen molar-refractivity contribution in [1.82, 2.24) is 25.1 Å². The van der Waals surface area contributed by atoms with Crippen LogP contribution in [0.5, 0.6) is 0 Å². The highest BCUT2D eigenvalue weighted by Gasteiger charge is 2.28. The van der Waals surface area contributed by atoms with E-state index >= 15 is 0 Å². The zero-order valence-corrected chi connectivity index (χ0v) is 13.4. The summed E-state index contributed by atoms with van der Waals surface area (Å²) in [5.74, 6) is 3.05. The summed E-state index contributed by atoms with van der Waals surface area (Å²) in [5, 5.41) is 5.15.